The molecule has 42 heavy (non-hydrogen) atoms. The second-order valence-electron chi connectivity index (χ2n) is 9.42. The van der Waals surface area contributed by atoms with E-state index in [9.17, 15) is 31.1 Å². The number of carboxylic acid groups (broad SMARTS) is 2. The number of fused-ring (bicyclic) bond motifs is 2. The van der Waals surface area contributed by atoms with E-state index in [1.165, 1.54) is 0 Å². The van der Waals surface area contributed by atoms with E-state index >= 15 is 0 Å². The van der Waals surface area contributed by atoms with Crippen molar-refractivity contribution in [1.29, 1.82) is 0 Å². The number of alkyl halides is 6. The van der Waals surface area contributed by atoms with Crippen LogP contribution < -0.4 is 0 Å². The summed E-state index contributed by atoms with van der Waals surface area (Å²) >= 11 is 0. The third-order valence-corrected chi connectivity index (χ3v) is 6.07. The van der Waals surface area contributed by atoms with E-state index < -0.39 is 24.3 Å². The molecular weight excluding hydrogens is 576 g/mol. The van der Waals surface area contributed by atoms with E-state index in [2.05, 4.69) is 40.3 Å². The van der Waals surface area contributed by atoms with Crippen LogP contribution in [0.5, 0.6) is 0 Å². The number of carboxylic acids is 2. The number of hydrogen-bond acceptors (Lipinski definition) is 6. The Bertz CT molecular complexity index is 1370. The molecular formula is C26H29F6N5O5. The van der Waals surface area contributed by atoms with Crippen LogP contribution in [0.15, 0.2) is 42.7 Å². The number of rotatable bonds is 4. The Balaban J connectivity index is 0.000000367. The third kappa shape index (κ3) is 9.71. The Hall–Kier alpha value is -4.21. The summed E-state index contributed by atoms with van der Waals surface area (Å²) in [4.78, 5) is 44.4. The number of aromatic nitrogens is 3. The topological polar surface area (TPSA) is 129 Å². The number of benzene rings is 1. The molecule has 0 bridgehead atoms. The van der Waals surface area contributed by atoms with Crippen LogP contribution in [0.3, 0.4) is 0 Å². The Morgan fingerprint density at radius 3 is 2.07 bits per heavy atom. The minimum absolute atomic E-state index is 0.0106. The largest absolute Gasteiger partial charge is 0.490 e. The summed E-state index contributed by atoms with van der Waals surface area (Å²) in [6.45, 7) is 7.34. The summed E-state index contributed by atoms with van der Waals surface area (Å²) in [5.41, 5.74) is 3.56. The van der Waals surface area contributed by atoms with Crippen molar-refractivity contribution in [3.63, 3.8) is 0 Å². The Labute approximate surface area is 236 Å². The molecule has 0 radical (unpaired) electrons. The average molecular weight is 606 g/mol. The Kier molecular flexibility index (Phi) is 11.4. The minimum atomic E-state index is -5.08. The molecule has 0 atom stereocenters. The van der Waals surface area contributed by atoms with Crippen LogP contribution in [0.4, 0.5) is 26.3 Å². The summed E-state index contributed by atoms with van der Waals surface area (Å²) in [6.07, 6.45) is -7.33. The molecule has 3 heterocycles. The third-order valence-electron chi connectivity index (χ3n) is 6.07. The van der Waals surface area contributed by atoms with Gasteiger partial charge in [-0.1, -0.05) is 24.3 Å². The van der Waals surface area contributed by atoms with Gasteiger partial charge in [0.2, 0.25) is 0 Å². The highest BCUT2D eigenvalue weighted by molar-refractivity contribution is 5.94. The predicted molar refractivity (Wildman–Crippen MR) is 137 cm³/mol. The fourth-order valence-electron chi connectivity index (χ4n) is 3.59. The molecule has 0 fully saturated rings. The van der Waals surface area contributed by atoms with Gasteiger partial charge in [0.25, 0.3) is 5.91 Å². The number of aliphatic carboxylic acids is 2. The first-order valence-electron chi connectivity index (χ1n) is 12.4. The normalized spacial score (nSPS) is 13.5. The maximum Gasteiger partial charge on any atom is 0.490 e. The number of halogens is 6. The van der Waals surface area contributed by atoms with E-state index in [1.54, 1.807) is 0 Å². The summed E-state index contributed by atoms with van der Waals surface area (Å²) in [6, 6.07) is 12.1. The minimum Gasteiger partial charge on any atom is -0.475 e. The number of aryl methyl sites for hydroxylation is 1. The summed E-state index contributed by atoms with van der Waals surface area (Å²) in [7, 11) is 2.11. The zero-order chi connectivity index (χ0) is 31.8. The van der Waals surface area contributed by atoms with Crippen LogP contribution in [-0.4, -0.2) is 84.4 Å². The molecule has 10 nitrogen and oxygen atoms in total. The van der Waals surface area contributed by atoms with E-state index in [0.717, 1.165) is 48.3 Å². The smallest absolute Gasteiger partial charge is 0.475 e. The van der Waals surface area contributed by atoms with Crippen molar-refractivity contribution in [2.45, 2.75) is 58.3 Å². The van der Waals surface area contributed by atoms with Gasteiger partial charge in [0.05, 0.1) is 29.8 Å². The lowest BCUT2D eigenvalue weighted by atomic mass is 10.2. The molecule has 0 saturated carbocycles. The van der Waals surface area contributed by atoms with Gasteiger partial charge >= 0.3 is 24.3 Å². The zero-order valence-electron chi connectivity index (χ0n) is 22.8. The quantitative estimate of drug-likeness (QED) is 0.414. The number of para-hydroxylation sites is 1. The highest BCUT2D eigenvalue weighted by Crippen LogP contribution is 2.21. The SMILES string of the molecule is CC(C)N(C)Cc1ncn2c1CN(C(=O)c1ccc3ccccc3n1)CCC2.O=C(O)C(F)(F)F.O=C(O)C(F)(F)F. The lowest BCUT2D eigenvalue weighted by Crippen LogP contribution is -2.32. The van der Waals surface area contributed by atoms with Crippen LogP contribution in [0.25, 0.3) is 10.9 Å². The molecule has 1 aromatic carbocycles. The first-order chi connectivity index (χ1) is 19.4. The number of nitrogens with zero attached hydrogens (tertiary/aromatic N) is 5. The molecule has 1 amide bonds. The monoisotopic (exact) mass is 605 g/mol. The molecule has 2 aromatic heterocycles. The number of imidazole rings is 1. The molecule has 0 saturated heterocycles. The fourth-order valence-corrected chi connectivity index (χ4v) is 3.59. The fraction of sp³-hybridized carbons (Fsp3) is 0.423. The van der Waals surface area contributed by atoms with Crippen LogP contribution >= 0.6 is 0 Å². The van der Waals surface area contributed by atoms with Gasteiger partial charge in [0, 0.05) is 31.1 Å². The molecule has 3 aromatic rings. The van der Waals surface area contributed by atoms with Crippen molar-refractivity contribution < 1.29 is 50.9 Å². The van der Waals surface area contributed by atoms with Gasteiger partial charge in [-0.25, -0.2) is 19.6 Å². The number of carbonyl (C=O) groups excluding carboxylic acids is 1. The number of hydrogen-bond donors (Lipinski definition) is 2. The summed E-state index contributed by atoms with van der Waals surface area (Å²) < 4.78 is 65.7. The first kappa shape index (κ1) is 34.0. The Morgan fingerprint density at radius 1 is 0.952 bits per heavy atom. The zero-order valence-corrected chi connectivity index (χ0v) is 22.8. The molecule has 16 heteroatoms. The summed E-state index contributed by atoms with van der Waals surface area (Å²) in [5.74, 6) is -5.52. The van der Waals surface area contributed by atoms with Gasteiger partial charge in [0.1, 0.15) is 5.69 Å². The number of carbonyl (C=O) groups is 3. The average Bonchev–Trinajstić information content (AvgIpc) is 3.13. The second-order valence-corrected chi connectivity index (χ2v) is 9.42. The van der Waals surface area contributed by atoms with Crippen LogP contribution in [-0.2, 0) is 29.2 Å². The molecule has 0 aliphatic carbocycles. The van der Waals surface area contributed by atoms with Crippen molar-refractivity contribution in [1.82, 2.24) is 24.3 Å². The van der Waals surface area contributed by atoms with Crippen molar-refractivity contribution in [3.8, 4) is 0 Å². The molecule has 2 N–H and O–H groups in total. The standard InChI is InChI=1S/C22H27N5O.2C2HF3O2/c1-16(2)25(3)13-20-21-14-26(11-6-12-27(21)15-23-20)22(28)19-10-9-17-7-4-5-8-18(17)24-19;2*3-2(4,5)1(6)7/h4-5,7-10,15-16H,6,11-14H2,1-3H3;2*(H,6,7). The van der Waals surface area contributed by atoms with Crippen molar-refractivity contribution in [2.75, 3.05) is 13.6 Å². The first-order valence-corrected chi connectivity index (χ1v) is 12.4. The summed E-state index contributed by atoms with van der Waals surface area (Å²) in [5, 5.41) is 15.3. The second kappa shape index (κ2) is 14.1. The maximum atomic E-state index is 13.2. The van der Waals surface area contributed by atoms with Gasteiger partial charge in [-0.05, 0) is 39.4 Å². The highest BCUT2D eigenvalue weighted by Gasteiger charge is 2.38. The van der Waals surface area contributed by atoms with Gasteiger partial charge < -0.3 is 19.7 Å². The van der Waals surface area contributed by atoms with Gasteiger partial charge in [0.15, 0.2) is 0 Å². The molecule has 1 aliphatic rings. The molecule has 1 aliphatic heterocycles. The van der Waals surface area contributed by atoms with E-state index in [0.29, 0.717) is 18.3 Å². The predicted octanol–water partition coefficient (Wildman–Crippen LogP) is 4.58. The van der Waals surface area contributed by atoms with Crippen molar-refractivity contribution in [3.05, 3.63) is 59.8 Å². The van der Waals surface area contributed by atoms with Crippen LogP contribution in [0.1, 0.15) is 42.1 Å². The van der Waals surface area contributed by atoms with Crippen LogP contribution in [0.2, 0.25) is 0 Å². The van der Waals surface area contributed by atoms with Gasteiger partial charge in [-0.15, -0.1) is 0 Å². The Morgan fingerprint density at radius 2 is 1.52 bits per heavy atom. The van der Waals surface area contributed by atoms with E-state index in [4.69, 9.17) is 19.8 Å². The highest BCUT2D eigenvalue weighted by atomic mass is 19.4. The maximum absolute atomic E-state index is 13.2. The van der Waals surface area contributed by atoms with Crippen molar-refractivity contribution >= 4 is 28.7 Å². The molecule has 0 spiro atoms. The van der Waals surface area contributed by atoms with Gasteiger partial charge in [-0.3, -0.25) is 9.69 Å². The van der Waals surface area contributed by atoms with E-state index in [1.807, 2.05) is 47.6 Å². The van der Waals surface area contributed by atoms with Gasteiger partial charge in [-0.2, -0.15) is 26.3 Å². The molecule has 0 unspecified atom stereocenters. The van der Waals surface area contributed by atoms with Crippen molar-refractivity contribution in [2.24, 2.45) is 0 Å². The molecule has 4 rings (SSSR count). The van der Waals surface area contributed by atoms with Crippen LogP contribution in [0, 0.1) is 0 Å². The molecule has 230 valence electrons. The number of amides is 1. The van der Waals surface area contributed by atoms with E-state index in [-0.39, 0.29) is 5.91 Å². The number of pyridine rings is 1. The lowest BCUT2D eigenvalue weighted by molar-refractivity contribution is -0.193. The lowest BCUT2D eigenvalue weighted by Gasteiger charge is -2.23.